The molecule has 2 heteroatoms. The van der Waals surface area contributed by atoms with Crippen LogP contribution in [-0.4, -0.2) is 13.2 Å². The molecule has 0 fully saturated rings. The highest BCUT2D eigenvalue weighted by atomic mass is 16.5. The lowest BCUT2D eigenvalue weighted by atomic mass is 9.98. The first-order valence-electron chi connectivity index (χ1n) is 11.2. The van der Waals surface area contributed by atoms with Gasteiger partial charge < -0.3 is 9.47 Å². The van der Waals surface area contributed by atoms with Gasteiger partial charge in [-0.25, -0.2) is 0 Å². The third-order valence-electron chi connectivity index (χ3n) is 5.22. The van der Waals surface area contributed by atoms with Crippen molar-refractivity contribution >= 4 is 21.5 Å². The van der Waals surface area contributed by atoms with Gasteiger partial charge in [-0.05, 0) is 38.8 Å². The molecule has 3 aromatic rings. The van der Waals surface area contributed by atoms with Crippen LogP contribution < -0.4 is 9.47 Å². The maximum absolute atomic E-state index is 6.33. The number of allylic oxidation sites excluding steroid dienone is 2. The van der Waals surface area contributed by atoms with E-state index in [1.54, 1.807) is 0 Å². The van der Waals surface area contributed by atoms with Crippen LogP contribution in [0.5, 0.6) is 11.5 Å². The molecule has 0 aromatic heterocycles. The van der Waals surface area contributed by atoms with E-state index in [1.165, 1.54) is 11.1 Å². The minimum absolute atomic E-state index is 0.575. The molecule has 3 aromatic carbocycles. The molecule has 0 amide bonds. The van der Waals surface area contributed by atoms with Gasteiger partial charge in [0.05, 0.1) is 0 Å². The summed E-state index contributed by atoms with van der Waals surface area (Å²) in [6.07, 6.45) is 13.1. The van der Waals surface area contributed by atoms with Crippen molar-refractivity contribution in [2.75, 3.05) is 13.2 Å². The van der Waals surface area contributed by atoms with Crippen molar-refractivity contribution < 1.29 is 9.47 Å². The molecule has 2 nitrogen and oxygen atoms in total. The summed E-state index contributed by atoms with van der Waals surface area (Å²) >= 11 is 0. The van der Waals surface area contributed by atoms with Gasteiger partial charge in [0.2, 0.25) is 0 Å². The molecule has 0 spiro atoms. The molecule has 0 aliphatic heterocycles. The van der Waals surface area contributed by atoms with Crippen LogP contribution in [-0.2, 0) is 0 Å². The van der Waals surface area contributed by atoms with E-state index in [1.807, 2.05) is 0 Å². The summed E-state index contributed by atoms with van der Waals surface area (Å²) in [5.41, 5.74) is 2.43. The number of benzene rings is 3. The molecule has 0 atom stereocenters. The zero-order chi connectivity index (χ0) is 21.3. The maximum atomic E-state index is 6.33. The average molecular weight is 403 g/mol. The SMILES string of the molecule is CCC/C=C/COc1c2ccc(C)cc2c(OC/C=C/CCC)c2ccc(C)cc12. The van der Waals surface area contributed by atoms with Gasteiger partial charge in [-0.3, -0.25) is 0 Å². The zero-order valence-electron chi connectivity index (χ0n) is 18.8. The molecule has 0 N–H and O–H groups in total. The average Bonchev–Trinajstić information content (AvgIpc) is 2.74. The number of aryl methyl sites for hydroxylation is 2. The van der Waals surface area contributed by atoms with Gasteiger partial charge in [0, 0.05) is 21.5 Å². The van der Waals surface area contributed by atoms with Gasteiger partial charge >= 0.3 is 0 Å². The molecule has 0 saturated heterocycles. The molecule has 3 rings (SSSR count). The van der Waals surface area contributed by atoms with E-state index in [4.69, 9.17) is 9.47 Å². The second-order valence-electron chi connectivity index (χ2n) is 7.90. The number of hydrogen-bond donors (Lipinski definition) is 0. The lowest BCUT2D eigenvalue weighted by molar-refractivity contribution is 0.365. The number of unbranched alkanes of at least 4 members (excludes halogenated alkanes) is 2. The predicted molar refractivity (Wildman–Crippen MR) is 130 cm³/mol. The molecule has 0 heterocycles. The number of ether oxygens (including phenoxy) is 2. The van der Waals surface area contributed by atoms with Crippen LogP contribution >= 0.6 is 0 Å². The summed E-state index contributed by atoms with van der Waals surface area (Å²) in [7, 11) is 0. The standard InChI is InChI=1S/C28H34O2/c1-5-7-9-11-17-29-27-23-15-13-22(4)20-26(23)28(30-18-12-10-8-6-2)24-16-14-21(3)19-25(24)27/h9-16,19-20H,5-8,17-18H2,1-4H3/b11-9+,12-10+. The Morgan fingerprint density at radius 3 is 1.43 bits per heavy atom. The minimum atomic E-state index is 0.575. The largest absolute Gasteiger partial charge is 0.488 e. The second-order valence-corrected chi connectivity index (χ2v) is 7.90. The van der Waals surface area contributed by atoms with E-state index in [0.717, 1.165) is 58.7 Å². The van der Waals surface area contributed by atoms with Crippen molar-refractivity contribution in [2.45, 2.75) is 53.4 Å². The minimum Gasteiger partial charge on any atom is -0.488 e. The quantitative estimate of drug-likeness (QED) is 0.252. The molecule has 0 saturated carbocycles. The lowest BCUT2D eigenvalue weighted by Gasteiger charge is -2.18. The van der Waals surface area contributed by atoms with Gasteiger partial charge in [0.1, 0.15) is 24.7 Å². The van der Waals surface area contributed by atoms with Crippen LogP contribution in [0.15, 0.2) is 60.7 Å². The van der Waals surface area contributed by atoms with Gasteiger partial charge in [-0.1, -0.05) is 86.4 Å². The van der Waals surface area contributed by atoms with E-state index in [9.17, 15) is 0 Å². The van der Waals surface area contributed by atoms with Crippen molar-refractivity contribution in [3.8, 4) is 11.5 Å². The Kier molecular flexibility index (Phi) is 7.96. The Hall–Kier alpha value is -2.74. The Morgan fingerprint density at radius 1 is 0.600 bits per heavy atom. The van der Waals surface area contributed by atoms with Gasteiger partial charge in [-0.15, -0.1) is 0 Å². The summed E-state index contributed by atoms with van der Waals surface area (Å²) in [5, 5.41) is 4.44. The van der Waals surface area contributed by atoms with Crippen LogP contribution in [0.1, 0.15) is 50.7 Å². The van der Waals surface area contributed by atoms with Crippen molar-refractivity contribution in [3.63, 3.8) is 0 Å². The van der Waals surface area contributed by atoms with Crippen molar-refractivity contribution in [1.82, 2.24) is 0 Å². The first-order valence-corrected chi connectivity index (χ1v) is 11.2. The lowest BCUT2D eigenvalue weighted by Crippen LogP contribution is -2.00. The first kappa shape index (κ1) is 22.0. The predicted octanol–water partition coefficient (Wildman–Crippen LogP) is 8.08. The van der Waals surface area contributed by atoms with E-state index in [0.29, 0.717) is 13.2 Å². The molecule has 158 valence electrons. The highest BCUT2D eigenvalue weighted by Gasteiger charge is 2.16. The molecule has 0 radical (unpaired) electrons. The van der Waals surface area contributed by atoms with Gasteiger partial charge in [-0.2, -0.15) is 0 Å². The normalized spacial score (nSPS) is 11.9. The highest BCUT2D eigenvalue weighted by Crippen LogP contribution is 2.43. The van der Waals surface area contributed by atoms with E-state index in [-0.39, 0.29) is 0 Å². The fraction of sp³-hybridized carbons (Fsp3) is 0.357. The number of rotatable bonds is 10. The Labute approximate surface area is 181 Å². The third-order valence-corrected chi connectivity index (χ3v) is 5.22. The summed E-state index contributed by atoms with van der Waals surface area (Å²) in [6.45, 7) is 9.77. The third kappa shape index (κ3) is 5.24. The van der Waals surface area contributed by atoms with E-state index < -0.39 is 0 Å². The first-order chi connectivity index (χ1) is 14.7. The molecule has 0 bridgehead atoms. The Balaban J connectivity index is 2.10. The molecular formula is C28H34O2. The summed E-state index contributed by atoms with van der Waals surface area (Å²) < 4.78 is 12.7. The van der Waals surface area contributed by atoms with Crippen LogP contribution in [0.25, 0.3) is 21.5 Å². The van der Waals surface area contributed by atoms with E-state index in [2.05, 4.69) is 88.4 Å². The van der Waals surface area contributed by atoms with Crippen molar-refractivity contribution in [1.29, 1.82) is 0 Å². The Morgan fingerprint density at radius 2 is 1.03 bits per heavy atom. The van der Waals surface area contributed by atoms with Crippen molar-refractivity contribution in [2.24, 2.45) is 0 Å². The molecule has 30 heavy (non-hydrogen) atoms. The van der Waals surface area contributed by atoms with Crippen LogP contribution in [0.4, 0.5) is 0 Å². The zero-order valence-corrected chi connectivity index (χ0v) is 18.8. The van der Waals surface area contributed by atoms with Crippen molar-refractivity contribution in [3.05, 3.63) is 71.8 Å². The van der Waals surface area contributed by atoms with E-state index >= 15 is 0 Å². The van der Waals surface area contributed by atoms with Crippen LogP contribution in [0, 0.1) is 13.8 Å². The number of hydrogen-bond acceptors (Lipinski definition) is 2. The second kappa shape index (κ2) is 10.9. The summed E-state index contributed by atoms with van der Waals surface area (Å²) in [5.74, 6) is 1.89. The fourth-order valence-corrected chi connectivity index (χ4v) is 3.66. The topological polar surface area (TPSA) is 18.5 Å². The smallest absolute Gasteiger partial charge is 0.135 e. The van der Waals surface area contributed by atoms with Gasteiger partial charge in [0.25, 0.3) is 0 Å². The Bertz CT molecular complexity index is 958. The highest BCUT2D eigenvalue weighted by molar-refractivity contribution is 6.11. The number of fused-ring (bicyclic) bond motifs is 2. The molecule has 0 aliphatic rings. The molecule has 0 unspecified atom stereocenters. The summed E-state index contributed by atoms with van der Waals surface area (Å²) in [4.78, 5) is 0. The fourth-order valence-electron chi connectivity index (χ4n) is 3.66. The van der Waals surface area contributed by atoms with Crippen LogP contribution in [0.2, 0.25) is 0 Å². The summed E-state index contributed by atoms with van der Waals surface area (Å²) in [6, 6.07) is 13.0. The molecule has 0 aliphatic carbocycles. The maximum Gasteiger partial charge on any atom is 0.135 e. The van der Waals surface area contributed by atoms with Crippen LogP contribution in [0.3, 0.4) is 0 Å². The molecular weight excluding hydrogens is 368 g/mol. The monoisotopic (exact) mass is 402 g/mol. The van der Waals surface area contributed by atoms with Gasteiger partial charge in [0.15, 0.2) is 0 Å².